The second-order valence-electron chi connectivity index (χ2n) is 1.63. The van der Waals surface area contributed by atoms with E-state index >= 15 is 0 Å². The summed E-state index contributed by atoms with van der Waals surface area (Å²) in [5, 5.41) is 8.92. The smallest absolute Gasteiger partial charge is 0.123 e. The molecule has 0 atom stereocenters. The Morgan fingerprint density at radius 1 is 1.50 bits per heavy atom. The second kappa shape index (κ2) is 3.32. The highest BCUT2D eigenvalue weighted by atomic mass is 19.1. The number of hydrogen-bond acceptors (Lipinski definition) is 1. The molecule has 0 aliphatic carbocycles. The van der Waals surface area contributed by atoms with E-state index in [0.717, 1.165) is 0 Å². The highest BCUT2D eigenvalue weighted by Gasteiger charge is 1.90. The van der Waals surface area contributed by atoms with Crippen LogP contribution in [0.2, 0.25) is 0 Å². The van der Waals surface area contributed by atoms with Gasteiger partial charge in [-0.25, -0.2) is 4.39 Å². The molecule has 0 unspecified atom stereocenters. The number of hydrogen-bond donors (Lipinski definition) is 1. The van der Waals surface area contributed by atoms with Gasteiger partial charge >= 0.3 is 0 Å². The molecule has 0 spiro atoms. The number of benzene rings is 1. The van der Waals surface area contributed by atoms with Crippen molar-refractivity contribution in [3.8, 4) is 0 Å². The summed E-state index contributed by atoms with van der Waals surface area (Å²) in [6.07, 6.45) is -0.720. The predicted octanol–water partition coefficient (Wildman–Crippen LogP) is 1.36. The highest BCUT2D eigenvalue weighted by molar-refractivity contribution is 5.15. The van der Waals surface area contributed by atoms with Gasteiger partial charge in [0.05, 0.1) is 8.22 Å². The fourth-order valence-corrected chi connectivity index (χ4v) is 0.491. The third-order valence-electron chi connectivity index (χ3n) is 0.902. The van der Waals surface area contributed by atoms with E-state index in [0.29, 0.717) is 0 Å². The number of halogens is 1. The summed E-state index contributed by atoms with van der Waals surface area (Å²) < 4.78 is 55.9. The molecule has 1 rings (SSSR count). The third-order valence-corrected chi connectivity index (χ3v) is 0.902. The molecule has 10 heavy (non-hydrogen) atoms. The van der Waals surface area contributed by atoms with Crippen molar-refractivity contribution in [1.29, 1.82) is 0 Å². The summed E-state index contributed by atoms with van der Waals surface area (Å²) in [7, 11) is 0. The molecule has 0 fully saturated rings. The molecule has 0 radical (unpaired) electrons. The highest BCUT2D eigenvalue weighted by Crippen LogP contribution is 2.02. The molecule has 1 aromatic rings. The zero-order chi connectivity index (χ0) is 12.7. The Morgan fingerprint density at radius 2 is 2.10 bits per heavy atom. The SMILES string of the molecule is [2H]c1c([2H])c(CC([2H])([2H])O)c([2H])c([2H])c1F. The molecule has 0 saturated heterocycles. The zero-order valence-corrected chi connectivity index (χ0v) is 5.03. The normalized spacial score (nSPS) is 19.8. The topological polar surface area (TPSA) is 20.2 Å². The van der Waals surface area contributed by atoms with E-state index in [4.69, 9.17) is 13.3 Å². The van der Waals surface area contributed by atoms with Gasteiger partial charge < -0.3 is 5.11 Å². The molecule has 0 aromatic heterocycles. The number of aliphatic hydroxyl groups is 1. The maximum atomic E-state index is 13.1. The molecule has 1 N–H and O–H groups in total. The maximum Gasteiger partial charge on any atom is 0.123 e. The van der Waals surface area contributed by atoms with E-state index in [1.165, 1.54) is 0 Å². The van der Waals surface area contributed by atoms with Crippen molar-refractivity contribution in [3.63, 3.8) is 0 Å². The molecule has 1 aromatic carbocycles. The van der Waals surface area contributed by atoms with Crippen molar-refractivity contribution in [2.75, 3.05) is 6.56 Å². The van der Waals surface area contributed by atoms with E-state index in [1.54, 1.807) is 0 Å². The van der Waals surface area contributed by atoms with Crippen LogP contribution in [0.25, 0.3) is 0 Å². The monoisotopic (exact) mass is 146 g/mol. The van der Waals surface area contributed by atoms with Gasteiger partial charge in [0.1, 0.15) is 5.82 Å². The Bertz CT molecular complexity index is 399. The van der Waals surface area contributed by atoms with Crippen molar-refractivity contribution in [2.45, 2.75) is 6.42 Å². The standard InChI is InChI=1S/C8H9FO/c9-8-3-1-7(2-4-8)5-6-10/h1-4,10H,5-6H2/i1D,2D,3D,4D,6D2. The van der Waals surface area contributed by atoms with E-state index in [9.17, 15) is 4.39 Å². The van der Waals surface area contributed by atoms with Gasteiger partial charge in [-0.15, -0.1) is 0 Å². The van der Waals surface area contributed by atoms with Crippen molar-refractivity contribution in [2.24, 2.45) is 0 Å². The van der Waals surface area contributed by atoms with Gasteiger partial charge in [-0.05, 0) is 24.1 Å². The summed E-state index contributed by atoms with van der Waals surface area (Å²) in [5.41, 5.74) is -0.344. The van der Waals surface area contributed by atoms with Crippen molar-refractivity contribution >= 4 is 0 Å². The van der Waals surface area contributed by atoms with Gasteiger partial charge in [-0.3, -0.25) is 0 Å². The average molecular weight is 146 g/mol. The van der Waals surface area contributed by atoms with Crippen LogP contribution in [0.5, 0.6) is 0 Å². The Morgan fingerprint density at radius 3 is 2.60 bits per heavy atom. The number of rotatable bonds is 2. The van der Waals surface area contributed by atoms with E-state index < -0.39 is 43.0 Å². The van der Waals surface area contributed by atoms with E-state index in [1.807, 2.05) is 0 Å². The zero-order valence-electron chi connectivity index (χ0n) is 11.0. The molecular formula is C8H9FO. The van der Waals surface area contributed by atoms with Crippen LogP contribution in [0.3, 0.4) is 0 Å². The van der Waals surface area contributed by atoms with Crippen molar-refractivity contribution < 1.29 is 17.7 Å². The fraction of sp³-hybridized carbons (Fsp3) is 0.250. The molecule has 0 heterocycles. The first-order chi connectivity index (χ1) is 7.15. The van der Waals surface area contributed by atoms with Gasteiger partial charge in [0.25, 0.3) is 0 Å². The molecule has 1 nitrogen and oxygen atoms in total. The Hall–Kier alpha value is -0.890. The van der Waals surface area contributed by atoms with Crippen LogP contribution in [0, 0.1) is 5.82 Å². The molecule has 0 bridgehead atoms. The average Bonchev–Trinajstić information content (AvgIpc) is 2.17. The van der Waals surface area contributed by atoms with Crippen LogP contribution in [0.1, 0.15) is 13.8 Å². The molecule has 0 aliphatic heterocycles. The summed E-state index contributed by atoms with van der Waals surface area (Å²) in [6, 6.07) is -3.06. The summed E-state index contributed by atoms with van der Waals surface area (Å²) >= 11 is 0. The van der Waals surface area contributed by atoms with Gasteiger partial charge in [-0.1, -0.05) is 12.1 Å². The van der Waals surface area contributed by atoms with Gasteiger partial charge in [0.15, 0.2) is 0 Å². The molecule has 0 aliphatic rings. The molecule has 0 amide bonds. The van der Waals surface area contributed by atoms with E-state index in [2.05, 4.69) is 0 Å². The Labute approximate surface area is 67.6 Å². The summed E-state index contributed by atoms with van der Waals surface area (Å²) in [4.78, 5) is 0. The van der Waals surface area contributed by atoms with Crippen LogP contribution < -0.4 is 0 Å². The van der Waals surface area contributed by atoms with Gasteiger partial charge in [-0.2, -0.15) is 0 Å². The Balaban J connectivity index is 3.40. The minimum Gasteiger partial charge on any atom is -0.396 e. The van der Waals surface area contributed by atoms with E-state index in [-0.39, 0.29) is 5.56 Å². The summed E-state index contributed by atoms with van der Waals surface area (Å²) in [6.45, 7) is -2.66. The van der Waals surface area contributed by atoms with Gasteiger partial charge in [0.2, 0.25) is 0 Å². The second-order valence-corrected chi connectivity index (χ2v) is 1.63. The van der Waals surface area contributed by atoms with Crippen LogP contribution in [0.4, 0.5) is 4.39 Å². The fourth-order valence-electron chi connectivity index (χ4n) is 0.491. The molecular weight excluding hydrogens is 131 g/mol. The lowest BCUT2D eigenvalue weighted by Crippen LogP contribution is -1.89. The minimum absolute atomic E-state index is 0.344. The first-order valence-electron chi connectivity index (χ1n) is 5.62. The van der Waals surface area contributed by atoms with Crippen LogP contribution >= 0.6 is 0 Å². The van der Waals surface area contributed by atoms with Crippen LogP contribution in [0.15, 0.2) is 24.2 Å². The third kappa shape index (κ3) is 1.81. The van der Waals surface area contributed by atoms with Crippen molar-refractivity contribution in [1.82, 2.24) is 0 Å². The predicted molar refractivity (Wildman–Crippen MR) is 37.2 cm³/mol. The summed E-state index contributed by atoms with van der Waals surface area (Å²) in [5.74, 6) is -1.28. The molecule has 54 valence electrons. The molecule has 2 heteroatoms. The first-order valence-corrected chi connectivity index (χ1v) is 2.62. The van der Waals surface area contributed by atoms with Crippen LogP contribution in [-0.2, 0) is 6.42 Å². The lowest BCUT2D eigenvalue weighted by molar-refractivity contribution is 0.299. The van der Waals surface area contributed by atoms with Crippen molar-refractivity contribution in [3.05, 3.63) is 35.6 Å². The lowest BCUT2D eigenvalue weighted by atomic mass is 10.2. The minimum atomic E-state index is -2.66. The first kappa shape index (κ1) is 2.62. The quantitative estimate of drug-likeness (QED) is 0.668. The Kier molecular flexibility index (Phi) is 0.872. The maximum absolute atomic E-state index is 13.1. The van der Waals surface area contributed by atoms with Gasteiger partial charge in [0, 0.05) is 6.56 Å². The lowest BCUT2D eigenvalue weighted by Gasteiger charge is -1.95. The van der Waals surface area contributed by atoms with Crippen LogP contribution in [-0.4, -0.2) is 11.7 Å². The largest absolute Gasteiger partial charge is 0.396 e. The molecule has 0 saturated carbocycles.